The van der Waals surface area contributed by atoms with Crippen molar-refractivity contribution in [3.05, 3.63) is 26.3 Å². The van der Waals surface area contributed by atoms with Crippen LogP contribution in [0.1, 0.15) is 278 Å². The molecule has 10 heteroatoms. The maximum absolute atomic E-state index is 12.9. The van der Waals surface area contributed by atoms with Gasteiger partial charge in [0.25, 0.3) is 11.1 Å². The zero-order chi connectivity index (χ0) is 47.4. The van der Waals surface area contributed by atoms with E-state index in [0.29, 0.717) is 37.1 Å². The van der Waals surface area contributed by atoms with Crippen LogP contribution in [0.25, 0.3) is 0 Å². The number of rotatable bonds is 48. The van der Waals surface area contributed by atoms with Gasteiger partial charge in [-0.15, -0.1) is 0 Å². The van der Waals surface area contributed by atoms with Crippen LogP contribution in [-0.2, 0) is 25.5 Å². The standard InChI is InChI=1S/C55H104N4O6/c1-6-11-15-18-23-30-38-48(10-5)64-51(60)42-33-26-21-28-35-45-59(47-37-44-56-53-50(41-14-9-4)54(62)57-58-55(53)63)46-36-29-22-27-34-43-52(61)65-49(39-31-24-19-16-12-7-2)40-32-25-20-17-13-8-3/h48-49H,6-47H2,1-5H3,(H,58,63)(H2,56,57,62). The number of carbonyl (C=O) groups excluding carboxylic acids is 2. The summed E-state index contributed by atoms with van der Waals surface area (Å²) in [5, 5.41) is 8.28. The third-order valence-corrected chi connectivity index (χ3v) is 13.2. The van der Waals surface area contributed by atoms with Crippen molar-refractivity contribution in [3.63, 3.8) is 0 Å². The Morgan fingerprint density at radius 2 is 0.846 bits per heavy atom. The predicted octanol–water partition coefficient (Wildman–Crippen LogP) is 14.7. The Balaban J connectivity index is 2.54. The Morgan fingerprint density at radius 1 is 0.462 bits per heavy atom. The molecule has 0 saturated carbocycles. The molecule has 3 N–H and O–H groups in total. The molecule has 0 spiro atoms. The van der Waals surface area contributed by atoms with Gasteiger partial charge in [-0.2, -0.15) is 0 Å². The van der Waals surface area contributed by atoms with Crippen LogP contribution in [0.3, 0.4) is 0 Å². The van der Waals surface area contributed by atoms with Crippen LogP contribution in [0.5, 0.6) is 0 Å². The van der Waals surface area contributed by atoms with Gasteiger partial charge in [-0.05, 0) is 110 Å². The number of H-pyrrole nitrogens is 2. The summed E-state index contributed by atoms with van der Waals surface area (Å²) in [6.07, 6.45) is 41.8. The molecule has 0 aliphatic carbocycles. The fraction of sp³-hybridized carbons (Fsp3) is 0.891. The summed E-state index contributed by atoms with van der Waals surface area (Å²) < 4.78 is 11.9. The van der Waals surface area contributed by atoms with E-state index in [1.807, 2.05) is 0 Å². The molecule has 1 aromatic rings. The molecule has 0 saturated heterocycles. The van der Waals surface area contributed by atoms with Crippen molar-refractivity contribution in [2.45, 2.75) is 291 Å². The lowest BCUT2D eigenvalue weighted by molar-refractivity contribution is -0.150. The topological polar surface area (TPSA) is 134 Å². The molecule has 0 bridgehead atoms. The minimum absolute atomic E-state index is 0.00444. The highest BCUT2D eigenvalue weighted by Gasteiger charge is 2.16. The second kappa shape index (κ2) is 43.9. The van der Waals surface area contributed by atoms with E-state index < -0.39 is 0 Å². The highest BCUT2D eigenvalue weighted by molar-refractivity contribution is 5.69. The van der Waals surface area contributed by atoms with E-state index in [4.69, 9.17) is 9.47 Å². The number of nitrogens with one attached hydrogen (secondary N) is 3. The number of esters is 2. The quantitative estimate of drug-likeness (QED) is 0.0435. The monoisotopic (exact) mass is 917 g/mol. The van der Waals surface area contributed by atoms with Crippen molar-refractivity contribution >= 4 is 17.6 Å². The van der Waals surface area contributed by atoms with Gasteiger partial charge in [-0.3, -0.25) is 29.4 Å². The van der Waals surface area contributed by atoms with Gasteiger partial charge in [0.05, 0.1) is 0 Å². The summed E-state index contributed by atoms with van der Waals surface area (Å²) in [7, 11) is 0. The van der Waals surface area contributed by atoms with E-state index in [-0.39, 0.29) is 35.3 Å². The van der Waals surface area contributed by atoms with Gasteiger partial charge in [0.2, 0.25) is 0 Å². The summed E-state index contributed by atoms with van der Waals surface area (Å²) in [4.78, 5) is 53.2. The fourth-order valence-electron chi connectivity index (χ4n) is 8.96. The van der Waals surface area contributed by atoms with Crippen LogP contribution >= 0.6 is 0 Å². The normalized spacial score (nSPS) is 12.0. The minimum atomic E-state index is -0.270. The summed E-state index contributed by atoms with van der Waals surface area (Å²) in [5.41, 5.74) is 0.471. The highest BCUT2D eigenvalue weighted by atomic mass is 16.5. The van der Waals surface area contributed by atoms with Gasteiger partial charge in [0, 0.05) is 24.9 Å². The number of hydrogen-bond acceptors (Lipinski definition) is 8. The van der Waals surface area contributed by atoms with E-state index in [0.717, 1.165) is 148 Å². The summed E-state index contributed by atoms with van der Waals surface area (Å²) in [6.45, 7) is 14.6. The SMILES string of the molecule is CCCCCCCCC(CC)OC(=O)CCCCCCCN(CCCCCCCC(=O)OC(CCCCCCCC)CCCCCCCC)CCCNc1c(CCCC)c(=O)[nH][nH]c1=O. The van der Waals surface area contributed by atoms with E-state index in [1.165, 1.54) is 96.3 Å². The van der Waals surface area contributed by atoms with E-state index in [2.05, 4.69) is 55.0 Å². The molecular weight excluding hydrogens is 813 g/mol. The second-order valence-electron chi connectivity index (χ2n) is 19.3. The molecule has 1 rings (SSSR count). The second-order valence-corrected chi connectivity index (χ2v) is 19.3. The fourth-order valence-corrected chi connectivity index (χ4v) is 8.96. The smallest absolute Gasteiger partial charge is 0.306 e. The summed E-state index contributed by atoms with van der Waals surface area (Å²) in [6, 6.07) is 0. The van der Waals surface area contributed by atoms with Crippen LogP contribution in [0.4, 0.5) is 5.69 Å². The molecule has 1 unspecified atom stereocenters. The summed E-state index contributed by atoms with van der Waals surface area (Å²) >= 11 is 0. The van der Waals surface area contributed by atoms with Crippen LogP contribution in [0.15, 0.2) is 9.59 Å². The highest BCUT2D eigenvalue weighted by Crippen LogP contribution is 2.19. The number of anilines is 1. The van der Waals surface area contributed by atoms with E-state index in [1.54, 1.807) is 0 Å². The number of nitrogens with zero attached hydrogens (tertiary/aromatic N) is 1. The van der Waals surface area contributed by atoms with Gasteiger partial charge in [-0.1, -0.05) is 176 Å². The zero-order valence-electron chi connectivity index (χ0n) is 43.2. The van der Waals surface area contributed by atoms with E-state index >= 15 is 0 Å². The number of aromatic amines is 2. The minimum Gasteiger partial charge on any atom is -0.462 e. The lowest BCUT2D eigenvalue weighted by Gasteiger charge is -2.23. The third-order valence-electron chi connectivity index (χ3n) is 13.2. The van der Waals surface area contributed by atoms with Crippen molar-refractivity contribution < 1.29 is 19.1 Å². The average Bonchev–Trinajstić information content (AvgIpc) is 3.30. The molecule has 0 aliphatic heterocycles. The predicted molar refractivity (Wildman–Crippen MR) is 275 cm³/mol. The number of unbranched alkanes of at least 4 members (excludes halogenated alkanes) is 24. The van der Waals surface area contributed by atoms with Gasteiger partial charge < -0.3 is 19.7 Å². The first-order valence-electron chi connectivity index (χ1n) is 28.0. The van der Waals surface area contributed by atoms with Crippen molar-refractivity contribution in [2.75, 3.05) is 31.5 Å². The lowest BCUT2D eigenvalue weighted by Crippen LogP contribution is -2.30. The molecule has 10 nitrogen and oxygen atoms in total. The molecule has 1 aromatic heterocycles. The Bertz CT molecular complexity index is 1350. The number of carbonyl (C=O) groups is 2. The van der Waals surface area contributed by atoms with Crippen molar-refractivity contribution in [3.8, 4) is 0 Å². The Hall–Kier alpha value is -2.62. The van der Waals surface area contributed by atoms with Gasteiger partial charge >= 0.3 is 11.9 Å². The molecule has 1 atom stereocenters. The van der Waals surface area contributed by atoms with Gasteiger partial charge in [-0.25, -0.2) is 0 Å². The first-order chi connectivity index (χ1) is 31.8. The zero-order valence-corrected chi connectivity index (χ0v) is 43.2. The van der Waals surface area contributed by atoms with E-state index in [9.17, 15) is 19.2 Å². The first kappa shape index (κ1) is 60.4. The molecule has 0 fully saturated rings. The van der Waals surface area contributed by atoms with Crippen LogP contribution in [0.2, 0.25) is 0 Å². The average molecular weight is 917 g/mol. The van der Waals surface area contributed by atoms with Crippen molar-refractivity contribution in [1.82, 2.24) is 15.1 Å². The first-order valence-corrected chi connectivity index (χ1v) is 28.0. The van der Waals surface area contributed by atoms with Crippen molar-refractivity contribution in [2.24, 2.45) is 0 Å². The Kier molecular flexibility index (Phi) is 40.8. The molecule has 0 radical (unpaired) electrons. The molecule has 0 aromatic carbocycles. The molecule has 65 heavy (non-hydrogen) atoms. The third kappa shape index (κ3) is 34.3. The largest absolute Gasteiger partial charge is 0.462 e. The van der Waals surface area contributed by atoms with Gasteiger partial charge in [0.15, 0.2) is 0 Å². The molecular formula is C55H104N4O6. The maximum atomic E-state index is 12.9. The number of ether oxygens (including phenoxy) is 2. The van der Waals surface area contributed by atoms with Crippen molar-refractivity contribution in [1.29, 1.82) is 0 Å². The Morgan fingerprint density at radius 3 is 1.32 bits per heavy atom. The molecule has 0 amide bonds. The van der Waals surface area contributed by atoms with Crippen LogP contribution < -0.4 is 16.4 Å². The number of hydrogen-bond donors (Lipinski definition) is 3. The van der Waals surface area contributed by atoms with Gasteiger partial charge in [0.1, 0.15) is 17.9 Å². The molecule has 1 heterocycles. The summed E-state index contributed by atoms with van der Waals surface area (Å²) in [5.74, 6) is -0.0383. The molecule has 380 valence electrons. The maximum Gasteiger partial charge on any atom is 0.306 e. The van der Waals surface area contributed by atoms with Crippen LogP contribution in [0, 0.1) is 0 Å². The van der Waals surface area contributed by atoms with Crippen LogP contribution in [-0.4, -0.2) is 65.4 Å². The molecule has 0 aliphatic rings. The lowest BCUT2D eigenvalue weighted by atomic mass is 10.0. The number of aromatic nitrogens is 2. The Labute approximate surface area is 399 Å².